The van der Waals surface area contributed by atoms with Crippen LogP contribution in [0.1, 0.15) is 5.56 Å². The lowest BCUT2D eigenvalue weighted by atomic mass is 10.1. The molecule has 1 heterocycles. The summed E-state index contributed by atoms with van der Waals surface area (Å²) in [5, 5.41) is 0. The summed E-state index contributed by atoms with van der Waals surface area (Å²) in [5.41, 5.74) is 2.16. The lowest BCUT2D eigenvalue weighted by Gasteiger charge is -2.23. The highest BCUT2D eigenvalue weighted by atomic mass is 16.5. The molecule has 0 saturated carbocycles. The minimum atomic E-state index is 0.780. The fraction of sp³-hybridized carbons (Fsp3) is 0.267. The van der Waals surface area contributed by atoms with E-state index in [4.69, 9.17) is 4.74 Å². The highest BCUT2D eigenvalue weighted by Crippen LogP contribution is 2.14. The zero-order valence-corrected chi connectivity index (χ0v) is 10.5. The van der Waals surface area contributed by atoms with Crippen LogP contribution in [-0.2, 0) is 4.74 Å². The average Bonchev–Trinajstić information content (AvgIpc) is 2.46. The van der Waals surface area contributed by atoms with Crippen LogP contribution >= 0.6 is 0 Å². The summed E-state index contributed by atoms with van der Waals surface area (Å²) in [6, 6.07) is 10.1. The zero-order chi connectivity index (χ0) is 12.6. The first-order valence-corrected chi connectivity index (χ1v) is 6.13. The number of allylic oxidation sites excluding steroid dienone is 2. The van der Waals surface area contributed by atoms with E-state index in [2.05, 4.69) is 28.6 Å². The maximum absolute atomic E-state index is 5.28. The van der Waals surface area contributed by atoms with Crippen molar-refractivity contribution < 1.29 is 4.74 Å². The van der Waals surface area contributed by atoms with E-state index in [0.717, 1.165) is 37.4 Å². The molecule has 18 heavy (non-hydrogen) atoms. The number of aliphatic imine (C=N–C) groups is 1. The average molecular weight is 242 g/mol. The Labute approximate surface area is 108 Å². The molecule has 1 aliphatic rings. The van der Waals surface area contributed by atoms with E-state index in [1.807, 2.05) is 36.8 Å². The molecule has 2 rings (SSSR count). The Bertz CT molecular complexity index is 431. The molecule has 0 N–H and O–H groups in total. The van der Waals surface area contributed by atoms with Crippen LogP contribution in [0.25, 0.3) is 5.57 Å². The Morgan fingerprint density at radius 2 is 1.94 bits per heavy atom. The number of hydrogen-bond acceptors (Lipinski definition) is 2. The van der Waals surface area contributed by atoms with Gasteiger partial charge in [0.15, 0.2) is 0 Å². The molecule has 1 aromatic rings. The van der Waals surface area contributed by atoms with Gasteiger partial charge in [0.2, 0.25) is 0 Å². The second kappa shape index (κ2) is 6.77. The topological polar surface area (TPSA) is 24.8 Å². The third-order valence-electron chi connectivity index (χ3n) is 2.82. The summed E-state index contributed by atoms with van der Waals surface area (Å²) in [7, 11) is 0. The zero-order valence-electron chi connectivity index (χ0n) is 10.5. The molecule has 0 spiro atoms. The number of rotatable bonds is 4. The van der Waals surface area contributed by atoms with Gasteiger partial charge in [-0.05, 0) is 11.1 Å². The maximum atomic E-state index is 5.28. The standard InChI is InChI=1S/C15H18N2O/c1-2-14(15-6-4-3-5-7-15)12-16-13-17-8-10-18-11-9-17/h2-7,12-13H,1,8-11H2/b14-12+,16-13+. The van der Waals surface area contributed by atoms with E-state index < -0.39 is 0 Å². The van der Waals surface area contributed by atoms with Crippen molar-refractivity contribution in [2.45, 2.75) is 0 Å². The lowest BCUT2D eigenvalue weighted by Crippen LogP contribution is -2.34. The van der Waals surface area contributed by atoms with E-state index in [1.54, 1.807) is 0 Å². The highest BCUT2D eigenvalue weighted by Gasteiger charge is 2.05. The van der Waals surface area contributed by atoms with Gasteiger partial charge in [0.1, 0.15) is 0 Å². The van der Waals surface area contributed by atoms with Crippen LogP contribution in [0.4, 0.5) is 0 Å². The third-order valence-corrected chi connectivity index (χ3v) is 2.82. The Morgan fingerprint density at radius 3 is 2.61 bits per heavy atom. The van der Waals surface area contributed by atoms with E-state index in [0.29, 0.717) is 0 Å². The van der Waals surface area contributed by atoms with E-state index in [9.17, 15) is 0 Å². The summed E-state index contributed by atoms with van der Waals surface area (Å²) >= 11 is 0. The summed E-state index contributed by atoms with van der Waals surface area (Å²) in [6.07, 6.45) is 5.54. The van der Waals surface area contributed by atoms with Crippen molar-refractivity contribution in [3.63, 3.8) is 0 Å². The normalized spacial score (nSPS) is 17.1. The highest BCUT2D eigenvalue weighted by molar-refractivity contribution is 5.74. The van der Waals surface area contributed by atoms with Gasteiger partial charge >= 0.3 is 0 Å². The van der Waals surface area contributed by atoms with Crippen molar-refractivity contribution in [2.24, 2.45) is 4.99 Å². The molecule has 0 bridgehead atoms. The van der Waals surface area contributed by atoms with Crippen LogP contribution in [0.5, 0.6) is 0 Å². The van der Waals surface area contributed by atoms with Gasteiger partial charge in [0.25, 0.3) is 0 Å². The smallest absolute Gasteiger partial charge is 0.0906 e. The third kappa shape index (κ3) is 3.57. The van der Waals surface area contributed by atoms with Crippen molar-refractivity contribution in [3.8, 4) is 0 Å². The van der Waals surface area contributed by atoms with Gasteiger partial charge in [0.05, 0.1) is 19.6 Å². The number of hydrogen-bond donors (Lipinski definition) is 0. The molecule has 3 nitrogen and oxygen atoms in total. The molecule has 0 aliphatic carbocycles. The molecular weight excluding hydrogens is 224 g/mol. The van der Waals surface area contributed by atoms with Gasteiger partial charge in [0, 0.05) is 19.3 Å². The Balaban J connectivity index is 2.01. The first-order chi connectivity index (χ1) is 8.90. The van der Waals surface area contributed by atoms with Crippen LogP contribution < -0.4 is 0 Å². The molecular formula is C15H18N2O. The van der Waals surface area contributed by atoms with Crippen molar-refractivity contribution >= 4 is 11.9 Å². The molecule has 3 heteroatoms. The fourth-order valence-corrected chi connectivity index (χ4v) is 1.78. The van der Waals surface area contributed by atoms with Gasteiger partial charge in [-0.2, -0.15) is 0 Å². The van der Waals surface area contributed by atoms with Gasteiger partial charge in [-0.25, -0.2) is 4.99 Å². The van der Waals surface area contributed by atoms with Crippen molar-refractivity contribution in [1.29, 1.82) is 0 Å². The predicted octanol–water partition coefficient (Wildman–Crippen LogP) is 2.57. The van der Waals surface area contributed by atoms with Gasteiger partial charge in [-0.15, -0.1) is 0 Å². The van der Waals surface area contributed by atoms with Crippen molar-refractivity contribution in [2.75, 3.05) is 26.3 Å². The molecule has 1 aromatic carbocycles. The molecule has 1 fully saturated rings. The second-order valence-electron chi connectivity index (χ2n) is 4.07. The number of morpholine rings is 1. The van der Waals surface area contributed by atoms with Crippen LogP contribution in [-0.4, -0.2) is 37.5 Å². The molecule has 94 valence electrons. The van der Waals surface area contributed by atoms with E-state index >= 15 is 0 Å². The van der Waals surface area contributed by atoms with Crippen LogP contribution in [0.2, 0.25) is 0 Å². The summed E-state index contributed by atoms with van der Waals surface area (Å²) < 4.78 is 5.28. The maximum Gasteiger partial charge on any atom is 0.0906 e. The molecule has 1 aliphatic heterocycles. The summed E-state index contributed by atoms with van der Waals surface area (Å²) in [4.78, 5) is 6.51. The Hall–Kier alpha value is -1.87. The van der Waals surface area contributed by atoms with Crippen LogP contribution in [0, 0.1) is 0 Å². The quantitative estimate of drug-likeness (QED) is 0.460. The molecule has 0 unspecified atom stereocenters. The van der Waals surface area contributed by atoms with E-state index in [-0.39, 0.29) is 0 Å². The molecule has 1 saturated heterocycles. The van der Waals surface area contributed by atoms with Crippen LogP contribution in [0.3, 0.4) is 0 Å². The molecule has 0 amide bonds. The lowest BCUT2D eigenvalue weighted by molar-refractivity contribution is 0.0701. The minimum Gasteiger partial charge on any atom is -0.378 e. The Kier molecular flexibility index (Phi) is 4.73. The van der Waals surface area contributed by atoms with Gasteiger partial charge in [-0.1, -0.05) is 43.0 Å². The van der Waals surface area contributed by atoms with Crippen molar-refractivity contribution in [1.82, 2.24) is 4.90 Å². The predicted molar refractivity (Wildman–Crippen MR) is 75.5 cm³/mol. The molecule has 0 atom stereocenters. The number of nitrogens with zero attached hydrogens (tertiary/aromatic N) is 2. The van der Waals surface area contributed by atoms with Crippen LogP contribution in [0.15, 0.2) is 54.2 Å². The molecule has 0 radical (unpaired) electrons. The number of ether oxygens (including phenoxy) is 1. The monoisotopic (exact) mass is 242 g/mol. The number of benzene rings is 1. The SMILES string of the molecule is C=C/C(=C\N=C\N1CCOCC1)c1ccccc1. The Morgan fingerprint density at radius 1 is 1.22 bits per heavy atom. The largest absolute Gasteiger partial charge is 0.378 e. The first kappa shape index (κ1) is 12.6. The van der Waals surface area contributed by atoms with Gasteiger partial charge < -0.3 is 9.64 Å². The minimum absolute atomic E-state index is 0.780. The van der Waals surface area contributed by atoms with Crippen molar-refractivity contribution in [3.05, 3.63) is 54.8 Å². The summed E-state index contributed by atoms with van der Waals surface area (Å²) in [5.74, 6) is 0. The summed E-state index contributed by atoms with van der Waals surface area (Å²) in [6.45, 7) is 7.21. The molecule has 0 aromatic heterocycles. The van der Waals surface area contributed by atoms with Gasteiger partial charge in [-0.3, -0.25) is 0 Å². The van der Waals surface area contributed by atoms with E-state index in [1.165, 1.54) is 0 Å². The fourth-order valence-electron chi connectivity index (χ4n) is 1.78. The first-order valence-electron chi connectivity index (χ1n) is 6.13. The second-order valence-corrected chi connectivity index (χ2v) is 4.07.